The van der Waals surface area contributed by atoms with Crippen LogP contribution in [0.15, 0.2) is 250 Å². The van der Waals surface area contributed by atoms with E-state index in [1.807, 2.05) is 6.08 Å². The molecule has 9 aromatic rings. The molecular formula is C96H99Cl3F9IN11O19PS3. The number of ether oxygens (including phenoxy) is 5. The maximum Gasteiger partial charge on any atom is 0.286 e. The Morgan fingerprint density at radius 3 is 1.06 bits per heavy atom. The average Bonchev–Trinajstić information content (AvgIpc) is 1.34. The van der Waals surface area contributed by atoms with Gasteiger partial charge in [-0.1, -0.05) is 54.6 Å². The first kappa shape index (κ1) is 118. The molecule has 6 aliphatic rings. The highest BCUT2D eigenvalue weighted by Gasteiger charge is 2.36. The van der Waals surface area contributed by atoms with E-state index in [0.29, 0.717) is 77.1 Å². The fraction of sp³-hybridized carbons (Fsp3) is 0.250. The van der Waals surface area contributed by atoms with Gasteiger partial charge in [0.15, 0.2) is 12.6 Å². The second kappa shape index (κ2) is 54.1. The number of aliphatic hydroxyl groups excluding tert-OH is 5. The lowest BCUT2D eigenvalue weighted by atomic mass is 9.93. The van der Waals surface area contributed by atoms with E-state index in [1.54, 1.807) is 95.8 Å². The van der Waals surface area contributed by atoms with Gasteiger partial charge < -0.3 is 72.2 Å². The molecule has 0 aromatic heterocycles. The first-order valence-corrected chi connectivity index (χ1v) is 47.6. The number of ketones is 3. The number of amidine groups is 4. The largest absolute Gasteiger partial charge is 0.506 e. The van der Waals surface area contributed by atoms with Gasteiger partial charge >= 0.3 is 0 Å². The fourth-order valence-electron chi connectivity index (χ4n) is 13.6. The number of nitrogens with two attached hydrogens (primary N) is 4. The summed E-state index contributed by atoms with van der Waals surface area (Å²) < 4.78 is 243. The van der Waals surface area contributed by atoms with Crippen molar-refractivity contribution in [3.05, 3.63) is 313 Å². The smallest absolute Gasteiger partial charge is 0.286 e. The van der Waals surface area contributed by atoms with Crippen molar-refractivity contribution in [2.45, 2.75) is 150 Å². The van der Waals surface area contributed by atoms with Gasteiger partial charge in [0.1, 0.15) is 132 Å². The van der Waals surface area contributed by atoms with Crippen LogP contribution < -0.4 is 22.9 Å². The molecule has 47 heteroatoms. The lowest BCUT2D eigenvalue weighted by molar-refractivity contribution is -0.171. The number of fused-ring (bicyclic) bond motifs is 3. The predicted molar refractivity (Wildman–Crippen MR) is 543 cm³/mol. The number of hydrogen-bond acceptors (Lipinski definition) is 24. The zero-order valence-corrected chi connectivity index (χ0v) is 84.5. The third-order valence-electron chi connectivity index (χ3n) is 21.0. The number of aliphatic imine (C=N–C) groups is 3. The Balaban J connectivity index is 0.000000291. The van der Waals surface area contributed by atoms with Crippen LogP contribution in [0.5, 0.6) is 0 Å². The minimum atomic E-state index is -4.80. The first-order chi connectivity index (χ1) is 66.7. The van der Waals surface area contributed by atoms with Gasteiger partial charge in [-0.05, 0) is 229 Å². The third-order valence-corrected chi connectivity index (χ3v) is 25.0. The number of para-hydroxylation sites is 3. The van der Waals surface area contributed by atoms with Crippen LogP contribution in [0, 0.1) is 63.2 Å². The van der Waals surface area contributed by atoms with Crippen LogP contribution in [-0.2, 0) is 72.0 Å². The van der Waals surface area contributed by atoms with Crippen LogP contribution >= 0.6 is 69.3 Å². The van der Waals surface area contributed by atoms with Crippen LogP contribution in [0.1, 0.15) is 144 Å². The van der Waals surface area contributed by atoms with E-state index in [9.17, 15) is 99.6 Å². The molecular weight excluding hydrogens is 2140 g/mol. The van der Waals surface area contributed by atoms with Crippen LogP contribution in [0.25, 0.3) is 17.3 Å². The van der Waals surface area contributed by atoms with Crippen LogP contribution in [0.4, 0.5) is 56.6 Å². The van der Waals surface area contributed by atoms with Gasteiger partial charge in [0.25, 0.3) is 29.1 Å². The molecule has 766 valence electrons. The standard InChI is InChI=1S/C31H28F3N3O6S.C26H20F3N3O5S.C23H13ClF3NO4S.C8H16N2O2.C5H8O.C3H8N2O.2ClH.HI.H3P/c1-17(43-27-8-4-5-13-42-27)31(35)37-44(40,41)26-15-19(9-11-23(26)34)29(38)28(25-14-18-6-2-3-7-24(18)36-25)30(39)21-16-20(32)10-12-22(21)33;1-13(33)26(30)32-38(36,37)22-11-15(6-8-19(22)29)24(34)23(21-10-14-4-2-3-5-20(14)31-21)25(35)17-12-16(27)7-9-18(17)28;24-33(31,32)20-10-13(5-7-17(20)27)22(29)21(19-9-12-3-1-2-4-18(12)28-19)23(30)15-11-14(25)6-8-16(15)26;1-6(8(9)10)12-7-4-2-3-5-11-7;1-2-4-6-5-3-1;1-2(6)3(4)5;;;;/h2-3,6-7,9-12,15-17,27,38H,4-5,8,13-14H2,1H3,(H2,35,37);2-9,11-13,33-34H,10H2,1H3,(H2,30,32);1-8,10-11,29H,9H2;6-7H,2-5H2,1H3,(H3,9,10);2,4H,1,3,5H2;2,6H,1H3,(H3,4,5);3*1H;1H3/t17-,27?;13-;;6-,7?;;2-;;;;/m11.1.1..../s1/i;;;;;;;;;1D. The molecule has 2 saturated heterocycles. The number of halogens is 13. The predicted octanol–water partition coefficient (Wildman–Crippen LogP) is 18.1. The summed E-state index contributed by atoms with van der Waals surface area (Å²) in [6.45, 7) is 7.99. The van der Waals surface area contributed by atoms with Crippen molar-refractivity contribution in [3.8, 4) is 0 Å². The third kappa shape index (κ3) is 32.3. The van der Waals surface area contributed by atoms with E-state index in [4.69, 9.17) is 74.5 Å². The van der Waals surface area contributed by atoms with Crippen molar-refractivity contribution < 1.29 is 128 Å². The zero-order valence-electron chi connectivity index (χ0n) is 77.1. The molecule has 15 N–H and O–H groups in total. The second-order valence-electron chi connectivity index (χ2n) is 31.3. The second-order valence-corrected chi connectivity index (χ2v) is 37.0. The molecule has 2 fully saturated rings. The fourth-order valence-corrected chi connectivity index (χ4v) is 16.8. The van der Waals surface area contributed by atoms with E-state index in [0.717, 1.165) is 131 Å². The van der Waals surface area contributed by atoms with Crippen molar-refractivity contribution in [1.29, 1.82) is 12.1 Å². The highest BCUT2D eigenvalue weighted by molar-refractivity contribution is 14.0. The van der Waals surface area contributed by atoms with Crippen molar-refractivity contribution in [1.82, 2.24) is 0 Å². The highest BCUT2D eigenvalue weighted by Crippen LogP contribution is 2.39. The van der Waals surface area contributed by atoms with Crippen LogP contribution in [-0.4, -0.2) is 167 Å². The normalized spacial score (nSPS) is 16.5. The van der Waals surface area contributed by atoms with Gasteiger partial charge in [-0.25, -0.2) is 47.9 Å². The molecule has 0 saturated carbocycles. The molecule has 30 nitrogen and oxygen atoms in total. The minimum Gasteiger partial charge on any atom is -0.506 e. The quantitative estimate of drug-likeness (QED) is 0.00291. The molecule has 3 unspecified atom stereocenters. The minimum absolute atomic E-state index is 0. The number of sulfonamides is 2. The number of allylic oxidation sites excluding steroid dienone is 4. The Labute approximate surface area is 855 Å². The number of nitrogens with zero attached hydrogens (tertiary/aromatic N) is 5. The molecule has 0 aliphatic carbocycles. The maximum atomic E-state index is 14.9. The number of carbonyl (C=O) groups is 3. The molecule has 6 aliphatic heterocycles. The zero-order chi connectivity index (χ0) is 104. The van der Waals surface area contributed by atoms with Crippen molar-refractivity contribution in [3.63, 3.8) is 0 Å². The Hall–Kier alpha value is -12.0. The Bertz CT molecular complexity index is 6900. The highest BCUT2D eigenvalue weighted by atomic mass is 127. The number of rotatable bonds is 25. The molecule has 15 rings (SSSR count). The number of aliphatic hydroxyl groups is 5. The van der Waals surface area contributed by atoms with Crippen LogP contribution in [0.2, 0.25) is 0 Å². The molecule has 0 spiro atoms. The summed E-state index contributed by atoms with van der Waals surface area (Å²) >= 11 is 0. The molecule has 6 heterocycles. The number of Topliss-reactive ketones (excluding diaryl/α,β-unsaturated/α-hetero) is 3. The molecule has 7 atom stereocenters. The number of hydrogen-bond donors (Lipinski definition) is 11. The molecule has 0 radical (unpaired) electrons. The monoisotopic (exact) mass is 2240 g/mol. The summed E-state index contributed by atoms with van der Waals surface area (Å²) in [5, 5.41) is 64.9. The van der Waals surface area contributed by atoms with E-state index >= 15 is 0 Å². The summed E-state index contributed by atoms with van der Waals surface area (Å²) in [5.74, 6) is -16.6. The van der Waals surface area contributed by atoms with Crippen LogP contribution in [0.3, 0.4) is 0 Å². The lowest BCUT2D eigenvalue weighted by Gasteiger charge is -2.25. The number of carbonyl (C=O) groups excluding carboxylic acids is 3. The summed E-state index contributed by atoms with van der Waals surface area (Å²) in [6.07, 6.45) is 7.54. The van der Waals surface area contributed by atoms with E-state index < -0.39 is 200 Å². The summed E-state index contributed by atoms with van der Waals surface area (Å²) in [5.41, 5.74) is 20.4. The van der Waals surface area contributed by atoms with Crippen molar-refractivity contribution in [2.24, 2.45) is 46.7 Å². The van der Waals surface area contributed by atoms with Gasteiger partial charge in [-0.3, -0.25) is 40.2 Å². The summed E-state index contributed by atoms with van der Waals surface area (Å²) in [6, 6.07) is 34.7. The van der Waals surface area contributed by atoms with Gasteiger partial charge in [0, 0.05) is 59.8 Å². The Morgan fingerprint density at radius 2 is 0.776 bits per heavy atom. The van der Waals surface area contributed by atoms with Crippen molar-refractivity contribution in [2.75, 3.05) is 19.8 Å². The molecule has 143 heavy (non-hydrogen) atoms. The molecule has 0 amide bonds. The lowest BCUT2D eigenvalue weighted by Crippen LogP contribution is -2.35. The van der Waals surface area contributed by atoms with Gasteiger partial charge in [0.2, 0.25) is 17.3 Å². The molecule has 9 aromatic carbocycles. The van der Waals surface area contributed by atoms with Gasteiger partial charge in [0.05, 0.1) is 81.8 Å². The Kier molecular flexibility index (Phi) is 44.7. The SMILES string of the molecule is C1=COCCC1.C[C@@H](O)C(=N)N.C[C@@H](O)C(N)=NS(=O)(=O)c1cc(C(O)=C(C(=O)c2cc(F)ccc2F)C2=Nc3ccccc3C2)ccc1F.C[C@@H](OC1CCCCO1)C(=N)N.C[C@@H](OC1CCCCO1)C(N)=NS(=O)(=O)c1cc(C(O)=C(C(=O)c2cc(F)ccc2F)C2=Nc3ccccc3C2)ccc1F.Cl.Cl.I.O=C(C(C1=Nc2ccccc2C1)=C(O)c1ccc(F)c(S(=O)(=O)Cl)c1)c1cc(F)ccc1F.[2H]P. The number of nitrogens with one attached hydrogen (secondary N) is 2. The topological polar surface area (TPSA) is 515 Å². The van der Waals surface area contributed by atoms with E-state index in [1.165, 1.54) is 26.7 Å². The van der Waals surface area contributed by atoms with Gasteiger partial charge in [-0.15, -0.1) is 57.6 Å². The molecule has 0 bridgehead atoms. The maximum absolute atomic E-state index is 14.9. The Morgan fingerprint density at radius 1 is 0.455 bits per heavy atom. The average molecular weight is 2240 g/mol. The number of benzene rings is 9. The van der Waals surface area contributed by atoms with Crippen molar-refractivity contribution >= 4 is 191 Å². The summed E-state index contributed by atoms with van der Waals surface area (Å²) in [4.78, 5) is 50.6. The summed E-state index contributed by atoms with van der Waals surface area (Å²) in [7, 11) is -7.19. The first-order valence-electron chi connectivity index (χ1n) is 43.0. The van der Waals surface area contributed by atoms with E-state index in [2.05, 4.69) is 23.8 Å². The van der Waals surface area contributed by atoms with E-state index in [-0.39, 0.29) is 126 Å². The van der Waals surface area contributed by atoms with Gasteiger partial charge in [-0.2, -0.15) is 26.7 Å².